The molecule has 0 saturated heterocycles. The van der Waals surface area contributed by atoms with Gasteiger partial charge in [0.05, 0.1) is 18.8 Å². The van der Waals surface area contributed by atoms with E-state index in [1.54, 1.807) is 0 Å². The van der Waals surface area contributed by atoms with E-state index in [0.717, 1.165) is 18.5 Å². The minimum atomic E-state index is -0.659. The predicted octanol–water partition coefficient (Wildman–Crippen LogP) is 3.86. The van der Waals surface area contributed by atoms with Gasteiger partial charge in [0.25, 0.3) is 0 Å². The van der Waals surface area contributed by atoms with Crippen LogP contribution >= 0.6 is 0 Å². The highest BCUT2D eigenvalue weighted by atomic mass is 16.5. The fourth-order valence-electron chi connectivity index (χ4n) is 2.66. The highest BCUT2D eigenvalue weighted by Crippen LogP contribution is 2.25. The Balaban J connectivity index is 2.70. The van der Waals surface area contributed by atoms with Gasteiger partial charge in [-0.2, -0.15) is 5.26 Å². The van der Waals surface area contributed by atoms with Crippen LogP contribution in [0, 0.1) is 17.2 Å². The Morgan fingerprint density at radius 2 is 1.90 bits per heavy atom. The third-order valence-electron chi connectivity index (χ3n) is 3.62. The number of hydrogen-bond acceptors (Lipinski definition) is 3. The van der Waals surface area contributed by atoms with E-state index in [-0.39, 0.29) is 6.10 Å². The van der Waals surface area contributed by atoms with Crippen molar-refractivity contribution in [3.63, 3.8) is 0 Å². The minimum Gasteiger partial charge on any atom is -0.378 e. The Hall–Kier alpha value is -1.37. The molecule has 0 aliphatic carbocycles. The van der Waals surface area contributed by atoms with Gasteiger partial charge in [-0.15, -0.1) is 0 Å². The van der Waals surface area contributed by atoms with Crippen molar-refractivity contribution in [2.24, 2.45) is 5.92 Å². The number of nitrogens with one attached hydrogen (secondary N) is 1. The van der Waals surface area contributed by atoms with Crippen molar-refractivity contribution >= 4 is 0 Å². The van der Waals surface area contributed by atoms with Gasteiger partial charge in [-0.05, 0) is 31.4 Å². The molecule has 0 spiro atoms. The van der Waals surface area contributed by atoms with Crippen LogP contribution in [0.15, 0.2) is 30.3 Å². The second kappa shape index (κ2) is 8.81. The standard InChI is InChI=1S/C18H28N2O/c1-5-20-18(14-19,17-9-7-6-8-10-17)11-12-21-16(4)13-15(2)3/h6-10,15-16,20H,5,11-13H2,1-4H3. The quantitative estimate of drug-likeness (QED) is 0.750. The van der Waals surface area contributed by atoms with Crippen LogP contribution in [0.2, 0.25) is 0 Å². The molecule has 0 amide bonds. The van der Waals surface area contributed by atoms with Gasteiger partial charge in [0.15, 0.2) is 0 Å². The third-order valence-corrected chi connectivity index (χ3v) is 3.62. The molecular formula is C18H28N2O. The van der Waals surface area contributed by atoms with Crippen molar-refractivity contribution in [2.75, 3.05) is 13.2 Å². The summed E-state index contributed by atoms with van der Waals surface area (Å²) in [5, 5.41) is 13.0. The number of nitriles is 1. The van der Waals surface area contributed by atoms with Gasteiger partial charge in [-0.1, -0.05) is 51.1 Å². The van der Waals surface area contributed by atoms with E-state index in [4.69, 9.17) is 4.74 Å². The van der Waals surface area contributed by atoms with E-state index in [1.165, 1.54) is 0 Å². The zero-order chi connectivity index (χ0) is 15.7. The first-order valence-corrected chi connectivity index (χ1v) is 7.87. The molecule has 1 N–H and O–H groups in total. The van der Waals surface area contributed by atoms with Crippen LogP contribution in [-0.2, 0) is 10.3 Å². The Morgan fingerprint density at radius 1 is 1.24 bits per heavy atom. The summed E-state index contributed by atoms with van der Waals surface area (Å²) in [7, 11) is 0. The lowest BCUT2D eigenvalue weighted by atomic mass is 9.88. The van der Waals surface area contributed by atoms with E-state index < -0.39 is 5.54 Å². The number of ether oxygens (including phenoxy) is 1. The van der Waals surface area contributed by atoms with Gasteiger partial charge in [0.1, 0.15) is 5.54 Å². The van der Waals surface area contributed by atoms with Gasteiger partial charge >= 0.3 is 0 Å². The summed E-state index contributed by atoms with van der Waals surface area (Å²) < 4.78 is 5.89. The highest BCUT2D eigenvalue weighted by Gasteiger charge is 2.31. The van der Waals surface area contributed by atoms with Gasteiger partial charge in [-0.25, -0.2) is 0 Å². The average Bonchev–Trinajstić information content (AvgIpc) is 2.46. The molecule has 1 aromatic rings. The smallest absolute Gasteiger partial charge is 0.134 e. The molecule has 0 heterocycles. The van der Waals surface area contributed by atoms with E-state index in [2.05, 4.69) is 32.2 Å². The molecule has 116 valence electrons. The summed E-state index contributed by atoms with van der Waals surface area (Å²) in [6, 6.07) is 12.4. The number of nitrogens with zero attached hydrogens (tertiary/aromatic N) is 1. The lowest BCUT2D eigenvalue weighted by molar-refractivity contribution is 0.0414. The highest BCUT2D eigenvalue weighted by molar-refractivity contribution is 5.31. The zero-order valence-corrected chi connectivity index (χ0v) is 13.7. The summed E-state index contributed by atoms with van der Waals surface area (Å²) in [5.41, 5.74) is 0.350. The fraction of sp³-hybridized carbons (Fsp3) is 0.611. The molecule has 0 fully saturated rings. The van der Waals surface area contributed by atoms with Crippen molar-refractivity contribution < 1.29 is 4.74 Å². The summed E-state index contributed by atoms with van der Waals surface area (Å²) in [6.45, 7) is 9.86. The van der Waals surface area contributed by atoms with Crippen molar-refractivity contribution in [2.45, 2.75) is 52.2 Å². The molecular weight excluding hydrogens is 260 g/mol. The first-order chi connectivity index (χ1) is 10.0. The van der Waals surface area contributed by atoms with Crippen LogP contribution in [0.25, 0.3) is 0 Å². The van der Waals surface area contributed by atoms with Crippen molar-refractivity contribution in [3.8, 4) is 6.07 Å². The predicted molar refractivity (Wildman–Crippen MR) is 86.9 cm³/mol. The van der Waals surface area contributed by atoms with Crippen molar-refractivity contribution in [1.82, 2.24) is 5.32 Å². The minimum absolute atomic E-state index is 0.235. The summed E-state index contributed by atoms with van der Waals surface area (Å²) >= 11 is 0. The lowest BCUT2D eigenvalue weighted by Gasteiger charge is -2.28. The topological polar surface area (TPSA) is 45.0 Å². The van der Waals surface area contributed by atoms with Crippen LogP contribution in [0.4, 0.5) is 0 Å². The average molecular weight is 288 g/mol. The molecule has 2 unspecified atom stereocenters. The molecule has 21 heavy (non-hydrogen) atoms. The van der Waals surface area contributed by atoms with E-state index in [0.29, 0.717) is 18.9 Å². The number of rotatable bonds is 9. The molecule has 3 heteroatoms. The second-order valence-electron chi connectivity index (χ2n) is 5.97. The monoisotopic (exact) mass is 288 g/mol. The Labute approximate surface area is 129 Å². The fourth-order valence-corrected chi connectivity index (χ4v) is 2.66. The summed E-state index contributed by atoms with van der Waals surface area (Å²) in [6.07, 6.45) is 1.94. The molecule has 0 radical (unpaired) electrons. The van der Waals surface area contributed by atoms with Gasteiger partial charge in [0, 0.05) is 6.42 Å². The van der Waals surface area contributed by atoms with Gasteiger partial charge in [0.2, 0.25) is 0 Å². The Morgan fingerprint density at radius 3 is 2.43 bits per heavy atom. The van der Waals surface area contributed by atoms with Crippen LogP contribution in [0.3, 0.4) is 0 Å². The SMILES string of the molecule is CCNC(C#N)(CCOC(C)CC(C)C)c1ccccc1. The van der Waals surface area contributed by atoms with Crippen LogP contribution < -0.4 is 5.32 Å². The summed E-state index contributed by atoms with van der Waals surface area (Å²) in [4.78, 5) is 0. The van der Waals surface area contributed by atoms with Crippen LogP contribution in [0.5, 0.6) is 0 Å². The summed E-state index contributed by atoms with van der Waals surface area (Å²) in [5.74, 6) is 0.628. The molecule has 2 atom stereocenters. The Kier molecular flexibility index (Phi) is 7.42. The third kappa shape index (κ3) is 5.49. The molecule has 0 aromatic heterocycles. The van der Waals surface area contributed by atoms with Gasteiger partial charge in [-0.3, -0.25) is 5.32 Å². The van der Waals surface area contributed by atoms with Crippen LogP contribution in [-0.4, -0.2) is 19.3 Å². The maximum Gasteiger partial charge on any atom is 0.134 e. The first-order valence-electron chi connectivity index (χ1n) is 7.87. The normalized spacial score (nSPS) is 15.4. The largest absolute Gasteiger partial charge is 0.378 e. The molecule has 0 aliphatic rings. The number of benzene rings is 1. The zero-order valence-electron chi connectivity index (χ0n) is 13.7. The van der Waals surface area contributed by atoms with Gasteiger partial charge < -0.3 is 4.74 Å². The van der Waals surface area contributed by atoms with E-state index in [1.807, 2.05) is 37.3 Å². The van der Waals surface area contributed by atoms with Crippen LogP contribution in [0.1, 0.15) is 46.1 Å². The van der Waals surface area contributed by atoms with E-state index in [9.17, 15) is 5.26 Å². The molecule has 3 nitrogen and oxygen atoms in total. The first kappa shape index (κ1) is 17.7. The molecule has 0 saturated carbocycles. The molecule has 0 aliphatic heterocycles. The van der Waals surface area contributed by atoms with Crippen molar-refractivity contribution in [3.05, 3.63) is 35.9 Å². The maximum absolute atomic E-state index is 9.70. The van der Waals surface area contributed by atoms with E-state index >= 15 is 0 Å². The van der Waals surface area contributed by atoms with Crippen molar-refractivity contribution in [1.29, 1.82) is 5.26 Å². The molecule has 1 aromatic carbocycles. The number of hydrogen-bond donors (Lipinski definition) is 1. The Bertz CT molecular complexity index is 438. The second-order valence-corrected chi connectivity index (χ2v) is 5.97. The lowest BCUT2D eigenvalue weighted by Crippen LogP contribution is -2.42. The maximum atomic E-state index is 9.70. The molecule has 1 rings (SSSR count). The molecule has 0 bridgehead atoms.